The first-order chi connectivity index (χ1) is 9.63. The van der Waals surface area contributed by atoms with Crippen molar-refractivity contribution >= 4 is 11.8 Å². The van der Waals surface area contributed by atoms with Crippen LogP contribution in [0.15, 0.2) is 30.3 Å². The molecule has 1 saturated heterocycles. The summed E-state index contributed by atoms with van der Waals surface area (Å²) < 4.78 is 0. The summed E-state index contributed by atoms with van der Waals surface area (Å²) in [6, 6.07) is 11.3. The topological polar surface area (TPSA) is 15.3 Å². The number of benzene rings is 1. The van der Waals surface area contributed by atoms with Gasteiger partial charge in [-0.05, 0) is 17.5 Å². The Labute approximate surface area is 128 Å². The summed E-state index contributed by atoms with van der Waals surface area (Å²) in [5.74, 6) is 2.57. The van der Waals surface area contributed by atoms with Crippen LogP contribution < -0.4 is 5.32 Å². The lowest BCUT2D eigenvalue weighted by Gasteiger charge is -2.40. The Morgan fingerprint density at radius 3 is 2.45 bits per heavy atom. The van der Waals surface area contributed by atoms with E-state index in [0.717, 1.165) is 6.54 Å². The molecule has 0 bridgehead atoms. The molecule has 1 aliphatic heterocycles. The highest BCUT2D eigenvalue weighted by atomic mass is 32.2. The summed E-state index contributed by atoms with van der Waals surface area (Å²) in [5.41, 5.74) is 1.64. The largest absolute Gasteiger partial charge is 0.310 e. The number of rotatable bonds is 6. The minimum absolute atomic E-state index is 0.235. The molecule has 0 saturated carbocycles. The normalized spacial score (nSPS) is 18.9. The maximum atomic E-state index is 3.70. The van der Waals surface area contributed by atoms with Gasteiger partial charge < -0.3 is 10.2 Å². The van der Waals surface area contributed by atoms with Gasteiger partial charge in [-0.2, -0.15) is 11.8 Å². The van der Waals surface area contributed by atoms with Gasteiger partial charge in [-0.1, -0.05) is 51.1 Å². The molecule has 0 amide bonds. The maximum Gasteiger partial charge on any atom is 0.0384 e. The number of nitrogens with one attached hydrogen (secondary N) is 1. The Kier molecular flexibility index (Phi) is 5.94. The predicted molar refractivity (Wildman–Crippen MR) is 90.4 cm³/mol. The van der Waals surface area contributed by atoms with Gasteiger partial charge in [0.2, 0.25) is 0 Å². The van der Waals surface area contributed by atoms with E-state index in [1.54, 1.807) is 0 Å². The van der Waals surface area contributed by atoms with Crippen molar-refractivity contribution in [3.8, 4) is 0 Å². The van der Waals surface area contributed by atoms with Crippen LogP contribution in [0.3, 0.4) is 0 Å². The Morgan fingerprint density at radius 2 is 1.85 bits per heavy atom. The zero-order chi connectivity index (χ0) is 14.4. The molecule has 2 rings (SSSR count). The van der Waals surface area contributed by atoms with Crippen molar-refractivity contribution in [2.24, 2.45) is 5.41 Å². The monoisotopic (exact) mass is 292 g/mol. The van der Waals surface area contributed by atoms with Crippen LogP contribution in [0.1, 0.15) is 32.4 Å². The van der Waals surface area contributed by atoms with Crippen molar-refractivity contribution in [1.29, 1.82) is 0 Å². The lowest BCUT2D eigenvalue weighted by Crippen LogP contribution is -2.45. The molecule has 1 aromatic rings. The lowest BCUT2D eigenvalue weighted by molar-refractivity contribution is 0.145. The molecule has 0 aromatic heterocycles. The first kappa shape index (κ1) is 15.9. The van der Waals surface area contributed by atoms with Gasteiger partial charge >= 0.3 is 0 Å². The average Bonchev–Trinajstić information content (AvgIpc) is 2.46. The molecule has 0 spiro atoms. The number of nitrogens with zero attached hydrogens (tertiary/aromatic N) is 1. The predicted octanol–water partition coefficient (Wildman–Crippen LogP) is 3.41. The second kappa shape index (κ2) is 7.48. The first-order valence-corrected chi connectivity index (χ1v) is 8.87. The maximum absolute atomic E-state index is 3.70. The fourth-order valence-corrected chi connectivity index (χ4v) is 4.10. The van der Waals surface area contributed by atoms with Gasteiger partial charge in [0, 0.05) is 37.2 Å². The molecule has 1 N–H and O–H groups in total. The Hall–Kier alpha value is -0.510. The average molecular weight is 292 g/mol. The van der Waals surface area contributed by atoms with E-state index in [2.05, 4.69) is 73.1 Å². The number of thioether (sulfide) groups is 1. The van der Waals surface area contributed by atoms with E-state index in [1.807, 2.05) is 0 Å². The van der Waals surface area contributed by atoms with Crippen LogP contribution >= 0.6 is 11.8 Å². The SMILES string of the molecule is CCNC(c1ccccc1)C(C)(C)CN1CCSCC1. The Morgan fingerprint density at radius 1 is 1.20 bits per heavy atom. The molecule has 2 nitrogen and oxygen atoms in total. The van der Waals surface area contributed by atoms with Crippen LogP contribution in [0.25, 0.3) is 0 Å². The molecule has 0 aliphatic carbocycles. The molecule has 1 atom stereocenters. The molecule has 20 heavy (non-hydrogen) atoms. The molecule has 3 heteroatoms. The van der Waals surface area contributed by atoms with Crippen LogP contribution in [-0.4, -0.2) is 42.6 Å². The molecule has 112 valence electrons. The van der Waals surface area contributed by atoms with Gasteiger partial charge in [0.05, 0.1) is 0 Å². The van der Waals surface area contributed by atoms with Gasteiger partial charge in [-0.15, -0.1) is 0 Å². The van der Waals surface area contributed by atoms with E-state index in [0.29, 0.717) is 6.04 Å². The summed E-state index contributed by atoms with van der Waals surface area (Å²) in [7, 11) is 0. The highest BCUT2D eigenvalue weighted by Crippen LogP contribution is 2.34. The minimum atomic E-state index is 0.235. The van der Waals surface area contributed by atoms with Crippen LogP contribution in [0.2, 0.25) is 0 Å². The highest BCUT2D eigenvalue weighted by molar-refractivity contribution is 7.99. The number of hydrogen-bond donors (Lipinski definition) is 1. The van der Waals surface area contributed by atoms with Crippen molar-refractivity contribution in [3.05, 3.63) is 35.9 Å². The quantitative estimate of drug-likeness (QED) is 0.865. The van der Waals surface area contributed by atoms with Gasteiger partial charge in [0.15, 0.2) is 0 Å². The van der Waals surface area contributed by atoms with Crippen LogP contribution in [0.4, 0.5) is 0 Å². The van der Waals surface area contributed by atoms with Crippen LogP contribution in [-0.2, 0) is 0 Å². The minimum Gasteiger partial charge on any atom is -0.310 e. The first-order valence-electron chi connectivity index (χ1n) is 7.72. The standard InChI is InChI=1S/C17H28N2S/c1-4-18-16(15-8-6-5-7-9-15)17(2,3)14-19-10-12-20-13-11-19/h5-9,16,18H,4,10-14H2,1-3H3. The summed E-state index contributed by atoms with van der Waals surface area (Å²) in [4.78, 5) is 2.63. The van der Waals surface area contributed by atoms with Gasteiger partial charge in [0.25, 0.3) is 0 Å². The summed E-state index contributed by atoms with van der Waals surface area (Å²) in [5, 5.41) is 3.70. The van der Waals surface area contributed by atoms with Gasteiger partial charge in [-0.25, -0.2) is 0 Å². The van der Waals surface area contributed by atoms with Crippen molar-refractivity contribution in [3.63, 3.8) is 0 Å². The Bertz CT molecular complexity index is 385. The summed E-state index contributed by atoms with van der Waals surface area (Å²) in [6.07, 6.45) is 0. The summed E-state index contributed by atoms with van der Waals surface area (Å²) >= 11 is 2.08. The summed E-state index contributed by atoms with van der Waals surface area (Å²) in [6.45, 7) is 11.6. The fourth-order valence-electron chi connectivity index (χ4n) is 3.12. The van der Waals surface area contributed by atoms with Gasteiger partial charge in [0.1, 0.15) is 0 Å². The van der Waals surface area contributed by atoms with Crippen molar-refractivity contribution in [2.75, 3.05) is 37.7 Å². The lowest BCUT2D eigenvalue weighted by atomic mass is 9.79. The zero-order valence-corrected chi connectivity index (χ0v) is 13.9. The van der Waals surface area contributed by atoms with Gasteiger partial charge in [-0.3, -0.25) is 0 Å². The van der Waals surface area contributed by atoms with Crippen molar-refractivity contribution in [2.45, 2.75) is 26.8 Å². The smallest absolute Gasteiger partial charge is 0.0384 e. The number of hydrogen-bond acceptors (Lipinski definition) is 3. The van der Waals surface area contributed by atoms with Crippen molar-refractivity contribution in [1.82, 2.24) is 10.2 Å². The van der Waals surface area contributed by atoms with E-state index in [4.69, 9.17) is 0 Å². The second-order valence-corrected chi connectivity index (χ2v) is 7.50. The third kappa shape index (κ3) is 4.24. The van der Waals surface area contributed by atoms with E-state index in [-0.39, 0.29) is 5.41 Å². The molecule has 1 aliphatic rings. The van der Waals surface area contributed by atoms with E-state index < -0.39 is 0 Å². The molecule has 0 radical (unpaired) electrons. The second-order valence-electron chi connectivity index (χ2n) is 6.28. The van der Waals surface area contributed by atoms with Crippen LogP contribution in [0.5, 0.6) is 0 Å². The Balaban J connectivity index is 2.09. The van der Waals surface area contributed by atoms with E-state index >= 15 is 0 Å². The third-order valence-corrected chi connectivity index (χ3v) is 5.00. The highest BCUT2D eigenvalue weighted by Gasteiger charge is 2.32. The third-order valence-electron chi connectivity index (χ3n) is 4.06. The van der Waals surface area contributed by atoms with E-state index in [1.165, 1.54) is 36.7 Å². The molecule has 1 aromatic carbocycles. The fraction of sp³-hybridized carbons (Fsp3) is 0.647. The molecule has 1 unspecified atom stereocenters. The molecule has 1 heterocycles. The van der Waals surface area contributed by atoms with E-state index in [9.17, 15) is 0 Å². The zero-order valence-electron chi connectivity index (χ0n) is 13.1. The van der Waals surface area contributed by atoms with Crippen LogP contribution in [0, 0.1) is 5.41 Å². The molecular formula is C17H28N2S. The van der Waals surface area contributed by atoms with Crippen molar-refractivity contribution < 1.29 is 0 Å². The molecular weight excluding hydrogens is 264 g/mol. The molecule has 1 fully saturated rings.